The zero-order valence-electron chi connectivity index (χ0n) is 13.6. The van der Waals surface area contributed by atoms with Gasteiger partial charge in [-0.15, -0.1) is 24.0 Å². The normalized spacial score (nSPS) is 36.2. The second kappa shape index (κ2) is 7.49. The van der Waals surface area contributed by atoms with Gasteiger partial charge in [0.15, 0.2) is 5.96 Å². The third kappa shape index (κ3) is 4.47. The first-order valence-electron chi connectivity index (χ1n) is 8.46. The fraction of sp³-hybridized carbons (Fsp3) is 0.938. The minimum Gasteiger partial charge on any atom is -0.353 e. The lowest BCUT2D eigenvalue weighted by molar-refractivity contribution is 0.256. The van der Waals surface area contributed by atoms with E-state index in [2.05, 4.69) is 34.4 Å². The Morgan fingerprint density at radius 2 is 2.00 bits per heavy atom. The monoisotopic (exact) mass is 406 g/mol. The zero-order chi connectivity index (χ0) is 14.1. The zero-order valence-corrected chi connectivity index (χ0v) is 16.0. The molecule has 2 aliphatic carbocycles. The lowest BCUT2D eigenvalue weighted by Crippen LogP contribution is -2.45. The average molecular weight is 406 g/mol. The van der Waals surface area contributed by atoms with Crippen LogP contribution in [0.5, 0.6) is 0 Å². The van der Waals surface area contributed by atoms with E-state index in [4.69, 9.17) is 0 Å². The summed E-state index contributed by atoms with van der Waals surface area (Å²) in [5.41, 5.74) is 0. The van der Waals surface area contributed by atoms with Crippen LogP contribution in [0.4, 0.5) is 0 Å². The number of nitrogens with one attached hydrogen (secondary N) is 2. The van der Waals surface area contributed by atoms with E-state index in [-0.39, 0.29) is 24.0 Å². The van der Waals surface area contributed by atoms with Crippen LogP contribution in [-0.2, 0) is 0 Å². The Labute approximate surface area is 146 Å². The molecule has 0 radical (unpaired) electrons. The van der Waals surface area contributed by atoms with Gasteiger partial charge >= 0.3 is 0 Å². The van der Waals surface area contributed by atoms with E-state index in [1.807, 2.05) is 7.05 Å². The van der Waals surface area contributed by atoms with Crippen molar-refractivity contribution in [3.8, 4) is 0 Å². The molecule has 1 aliphatic heterocycles. The molecular weight excluding hydrogens is 375 g/mol. The van der Waals surface area contributed by atoms with E-state index >= 15 is 0 Å². The smallest absolute Gasteiger partial charge is 0.191 e. The summed E-state index contributed by atoms with van der Waals surface area (Å²) in [6.45, 7) is 5.83. The summed E-state index contributed by atoms with van der Waals surface area (Å²) in [4.78, 5) is 7.10. The number of aliphatic imine (C=N–C) groups is 1. The number of rotatable bonds is 5. The SMILES string of the molecule is CCCC1CC1NC(=NC)NC1CC(C)N(C2CC2)C1.I. The van der Waals surface area contributed by atoms with Crippen LogP contribution in [0.15, 0.2) is 4.99 Å². The molecule has 0 aromatic rings. The van der Waals surface area contributed by atoms with Crippen molar-refractivity contribution < 1.29 is 0 Å². The highest BCUT2D eigenvalue weighted by molar-refractivity contribution is 14.0. The standard InChI is InChI=1S/C16H30N4.HI/c1-4-5-12-9-15(12)19-16(17-3)18-13-8-11(2)20(10-13)14-6-7-14;/h11-15H,4-10H2,1-3H3,(H2,17,18,19);1H. The molecule has 3 rings (SSSR count). The van der Waals surface area contributed by atoms with Gasteiger partial charge in [0.2, 0.25) is 0 Å². The molecule has 4 nitrogen and oxygen atoms in total. The fourth-order valence-corrected chi connectivity index (χ4v) is 3.73. The van der Waals surface area contributed by atoms with Crippen molar-refractivity contribution in [1.29, 1.82) is 0 Å². The topological polar surface area (TPSA) is 39.7 Å². The van der Waals surface area contributed by atoms with Gasteiger partial charge in [0, 0.05) is 37.8 Å². The Morgan fingerprint density at radius 3 is 2.62 bits per heavy atom. The summed E-state index contributed by atoms with van der Waals surface area (Å²) in [5.74, 6) is 1.90. The molecule has 4 atom stereocenters. The predicted molar refractivity (Wildman–Crippen MR) is 99.4 cm³/mol. The number of guanidine groups is 1. The molecule has 0 amide bonds. The molecule has 0 spiro atoms. The number of nitrogens with zero attached hydrogens (tertiary/aromatic N) is 2. The van der Waals surface area contributed by atoms with E-state index in [0.29, 0.717) is 12.1 Å². The highest BCUT2D eigenvalue weighted by atomic mass is 127. The summed E-state index contributed by atoms with van der Waals surface area (Å²) in [7, 11) is 1.89. The highest BCUT2D eigenvalue weighted by Gasteiger charge is 2.40. The first-order valence-corrected chi connectivity index (χ1v) is 8.46. The maximum absolute atomic E-state index is 4.41. The van der Waals surface area contributed by atoms with Crippen molar-refractivity contribution in [2.24, 2.45) is 10.9 Å². The third-order valence-corrected chi connectivity index (χ3v) is 5.11. The second-order valence-corrected chi connectivity index (χ2v) is 6.96. The Balaban J connectivity index is 0.00000161. The fourth-order valence-electron chi connectivity index (χ4n) is 3.73. The van der Waals surface area contributed by atoms with E-state index < -0.39 is 0 Å². The molecular formula is C16H31IN4. The van der Waals surface area contributed by atoms with Crippen LogP contribution in [-0.4, -0.2) is 48.6 Å². The summed E-state index contributed by atoms with van der Waals surface area (Å²) in [6, 6.07) is 2.84. The summed E-state index contributed by atoms with van der Waals surface area (Å²) in [5, 5.41) is 7.24. The lowest BCUT2D eigenvalue weighted by Gasteiger charge is -2.20. The molecule has 5 heteroatoms. The maximum Gasteiger partial charge on any atom is 0.191 e. The number of likely N-dealkylation sites (tertiary alicyclic amines) is 1. The molecule has 0 aromatic heterocycles. The minimum atomic E-state index is 0. The molecule has 122 valence electrons. The van der Waals surface area contributed by atoms with Gasteiger partial charge in [-0.3, -0.25) is 9.89 Å². The Bertz CT molecular complexity index is 369. The maximum atomic E-state index is 4.41. The average Bonchev–Trinajstić information content (AvgIpc) is 3.33. The number of halogens is 1. The third-order valence-electron chi connectivity index (χ3n) is 5.11. The van der Waals surface area contributed by atoms with Gasteiger partial charge < -0.3 is 10.6 Å². The molecule has 0 aromatic carbocycles. The molecule has 2 saturated carbocycles. The van der Waals surface area contributed by atoms with E-state index in [0.717, 1.165) is 24.0 Å². The van der Waals surface area contributed by atoms with Gasteiger partial charge in [-0.25, -0.2) is 0 Å². The molecule has 1 heterocycles. The van der Waals surface area contributed by atoms with Crippen molar-refractivity contribution in [2.75, 3.05) is 13.6 Å². The summed E-state index contributed by atoms with van der Waals surface area (Å²) in [6.07, 6.45) is 8.04. The Kier molecular flexibility index (Phi) is 6.17. The van der Waals surface area contributed by atoms with Crippen LogP contribution in [0.3, 0.4) is 0 Å². The second-order valence-electron chi connectivity index (χ2n) is 6.96. The molecule has 4 unspecified atom stereocenters. The quantitative estimate of drug-likeness (QED) is 0.419. The summed E-state index contributed by atoms with van der Waals surface area (Å²) < 4.78 is 0. The van der Waals surface area contributed by atoms with Crippen molar-refractivity contribution in [3.63, 3.8) is 0 Å². The minimum absolute atomic E-state index is 0. The van der Waals surface area contributed by atoms with Gasteiger partial charge in [0.05, 0.1) is 0 Å². The largest absolute Gasteiger partial charge is 0.353 e. The van der Waals surface area contributed by atoms with E-state index in [9.17, 15) is 0 Å². The molecule has 1 saturated heterocycles. The van der Waals surface area contributed by atoms with Gasteiger partial charge in [-0.2, -0.15) is 0 Å². The van der Waals surface area contributed by atoms with Crippen LogP contribution >= 0.6 is 24.0 Å². The van der Waals surface area contributed by atoms with Crippen LogP contribution in [0, 0.1) is 5.92 Å². The van der Waals surface area contributed by atoms with Gasteiger partial charge in [-0.1, -0.05) is 13.3 Å². The molecule has 21 heavy (non-hydrogen) atoms. The van der Waals surface area contributed by atoms with E-state index in [1.54, 1.807) is 0 Å². The van der Waals surface area contributed by atoms with Crippen LogP contribution < -0.4 is 10.6 Å². The van der Waals surface area contributed by atoms with Crippen LogP contribution in [0.1, 0.15) is 52.4 Å². The first-order chi connectivity index (χ1) is 9.71. The van der Waals surface area contributed by atoms with Crippen molar-refractivity contribution >= 4 is 29.9 Å². The van der Waals surface area contributed by atoms with Crippen LogP contribution in [0.2, 0.25) is 0 Å². The van der Waals surface area contributed by atoms with Crippen molar-refractivity contribution in [3.05, 3.63) is 0 Å². The number of hydrogen-bond donors (Lipinski definition) is 2. The molecule has 3 aliphatic rings. The van der Waals surface area contributed by atoms with Gasteiger partial charge in [0.1, 0.15) is 0 Å². The van der Waals surface area contributed by atoms with Crippen molar-refractivity contribution in [1.82, 2.24) is 15.5 Å². The molecule has 3 fully saturated rings. The predicted octanol–water partition coefficient (Wildman–Crippen LogP) is 2.58. The van der Waals surface area contributed by atoms with Crippen LogP contribution in [0.25, 0.3) is 0 Å². The summed E-state index contributed by atoms with van der Waals surface area (Å²) >= 11 is 0. The lowest BCUT2D eigenvalue weighted by atomic mass is 10.2. The van der Waals surface area contributed by atoms with Gasteiger partial charge in [0.25, 0.3) is 0 Å². The Morgan fingerprint density at radius 1 is 1.24 bits per heavy atom. The first kappa shape index (κ1) is 17.3. The number of hydrogen-bond acceptors (Lipinski definition) is 2. The Hall–Kier alpha value is -0.0400. The van der Waals surface area contributed by atoms with Crippen molar-refractivity contribution in [2.45, 2.75) is 76.5 Å². The molecule has 0 bridgehead atoms. The van der Waals surface area contributed by atoms with Gasteiger partial charge in [-0.05, 0) is 44.9 Å². The highest BCUT2D eigenvalue weighted by Crippen LogP contribution is 2.35. The molecule has 2 N–H and O–H groups in total. The van der Waals surface area contributed by atoms with E-state index in [1.165, 1.54) is 45.1 Å².